The maximum atomic E-state index is 4.40. The van der Waals surface area contributed by atoms with Crippen LogP contribution in [0, 0.1) is 0 Å². The molecular formula is C21H16N2. The quantitative estimate of drug-likeness (QED) is 0.538. The Morgan fingerprint density at radius 1 is 0.696 bits per heavy atom. The average molecular weight is 296 g/mol. The van der Waals surface area contributed by atoms with E-state index < -0.39 is 0 Å². The normalized spacial score (nSPS) is 11.3. The first-order valence-electron chi connectivity index (χ1n) is 7.67. The van der Waals surface area contributed by atoms with Crippen LogP contribution in [0.4, 0.5) is 0 Å². The van der Waals surface area contributed by atoms with Gasteiger partial charge in [0.25, 0.3) is 0 Å². The lowest BCUT2D eigenvalue weighted by atomic mass is 9.99. The van der Waals surface area contributed by atoms with Crippen LogP contribution < -0.4 is 0 Å². The van der Waals surface area contributed by atoms with Crippen LogP contribution in [-0.2, 0) is 0 Å². The fourth-order valence-electron chi connectivity index (χ4n) is 2.80. The lowest BCUT2D eigenvalue weighted by molar-refractivity contribution is 1.11. The highest BCUT2D eigenvalue weighted by atomic mass is 15.1. The Bertz CT molecular complexity index is 965. The molecule has 23 heavy (non-hydrogen) atoms. The zero-order valence-electron chi connectivity index (χ0n) is 12.6. The highest BCUT2D eigenvalue weighted by Crippen LogP contribution is 2.25. The number of fused-ring (bicyclic) bond motifs is 1. The van der Waals surface area contributed by atoms with E-state index in [2.05, 4.69) is 76.9 Å². The smallest absolute Gasteiger partial charge is 0.0927 e. The molecule has 2 heteroatoms. The number of benzene rings is 3. The molecule has 4 aromatic rings. The van der Waals surface area contributed by atoms with Crippen LogP contribution in [0.3, 0.4) is 0 Å². The van der Waals surface area contributed by atoms with Crippen molar-refractivity contribution in [1.82, 2.24) is 10.2 Å². The van der Waals surface area contributed by atoms with E-state index in [1.54, 1.807) is 0 Å². The van der Waals surface area contributed by atoms with Crippen molar-refractivity contribution in [3.05, 3.63) is 90.1 Å². The molecule has 0 bridgehead atoms. The molecule has 0 fully saturated rings. The SMILES string of the molecule is C(=Cc1n[nH]c2ccccc12)c1ccccc1-c1ccccc1. The summed E-state index contributed by atoms with van der Waals surface area (Å²) < 4.78 is 0. The summed E-state index contributed by atoms with van der Waals surface area (Å²) in [4.78, 5) is 0. The molecule has 0 aliphatic carbocycles. The highest BCUT2D eigenvalue weighted by molar-refractivity contribution is 5.90. The van der Waals surface area contributed by atoms with Crippen LogP contribution in [-0.4, -0.2) is 10.2 Å². The predicted molar refractivity (Wildman–Crippen MR) is 96.9 cm³/mol. The van der Waals surface area contributed by atoms with Gasteiger partial charge >= 0.3 is 0 Å². The first-order valence-corrected chi connectivity index (χ1v) is 7.67. The number of rotatable bonds is 3. The van der Waals surface area contributed by atoms with E-state index in [9.17, 15) is 0 Å². The Morgan fingerprint density at radius 2 is 1.43 bits per heavy atom. The molecule has 0 amide bonds. The van der Waals surface area contributed by atoms with Crippen molar-refractivity contribution in [3.8, 4) is 11.1 Å². The number of nitrogens with zero attached hydrogens (tertiary/aromatic N) is 1. The van der Waals surface area contributed by atoms with Crippen molar-refractivity contribution in [3.63, 3.8) is 0 Å². The van der Waals surface area contributed by atoms with Gasteiger partial charge in [0.1, 0.15) is 0 Å². The fraction of sp³-hybridized carbons (Fsp3) is 0. The summed E-state index contributed by atoms with van der Waals surface area (Å²) in [6, 6.07) is 27.0. The summed E-state index contributed by atoms with van der Waals surface area (Å²) >= 11 is 0. The van der Waals surface area contributed by atoms with Gasteiger partial charge in [-0.1, -0.05) is 78.9 Å². The van der Waals surface area contributed by atoms with Gasteiger partial charge in [-0.2, -0.15) is 5.10 Å². The van der Waals surface area contributed by atoms with Crippen molar-refractivity contribution in [2.75, 3.05) is 0 Å². The second-order valence-corrected chi connectivity index (χ2v) is 5.44. The molecule has 2 nitrogen and oxygen atoms in total. The molecule has 0 aliphatic rings. The van der Waals surface area contributed by atoms with Crippen LogP contribution in [0.2, 0.25) is 0 Å². The monoisotopic (exact) mass is 296 g/mol. The zero-order chi connectivity index (χ0) is 15.5. The van der Waals surface area contributed by atoms with Crippen LogP contribution in [0.5, 0.6) is 0 Å². The van der Waals surface area contributed by atoms with Gasteiger partial charge in [0, 0.05) is 5.39 Å². The van der Waals surface area contributed by atoms with Gasteiger partial charge in [-0.3, -0.25) is 5.10 Å². The van der Waals surface area contributed by atoms with E-state index in [1.165, 1.54) is 16.7 Å². The van der Waals surface area contributed by atoms with Gasteiger partial charge in [-0.15, -0.1) is 0 Å². The van der Waals surface area contributed by atoms with Gasteiger partial charge in [-0.05, 0) is 28.8 Å². The third-order valence-corrected chi connectivity index (χ3v) is 3.97. The van der Waals surface area contributed by atoms with Crippen LogP contribution in [0.15, 0.2) is 78.9 Å². The molecule has 1 N–H and O–H groups in total. The van der Waals surface area contributed by atoms with E-state index in [-0.39, 0.29) is 0 Å². The summed E-state index contributed by atoms with van der Waals surface area (Å²) in [5, 5.41) is 8.61. The molecule has 0 spiro atoms. The van der Waals surface area contributed by atoms with Gasteiger partial charge in [0.15, 0.2) is 0 Å². The number of hydrogen-bond acceptors (Lipinski definition) is 1. The van der Waals surface area contributed by atoms with E-state index in [1.807, 2.05) is 24.3 Å². The second kappa shape index (κ2) is 5.93. The van der Waals surface area contributed by atoms with Crippen molar-refractivity contribution >= 4 is 23.1 Å². The molecule has 0 aliphatic heterocycles. The van der Waals surface area contributed by atoms with Crippen LogP contribution in [0.25, 0.3) is 34.2 Å². The fourth-order valence-corrected chi connectivity index (χ4v) is 2.80. The molecule has 1 aromatic heterocycles. The maximum absolute atomic E-state index is 4.40. The molecular weight excluding hydrogens is 280 g/mol. The molecule has 1 heterocycles. The molecule has 110 valence electrons. The van der Waals surface area contributed by atoms with Crippen molar-refractivity contribution in [2.45, 2.75) is 0 Å². The summed E-state index contributed by atoms with van der Waals surface area (Å²) in [6.45, 7) is 0. The Kier molecular flexibility index (Phi) is 3.49. The molecule has 4 rings (SSSR count). The molecule has 3 aromatic carbocycles. The molecule has 0 unspecified atom stereocenters. The third-order valence-electron chi connectivity index (χ3n) is 3.97. The largest absolute Gasteiger partial charge is 0.277 e. The number of H-pyrrole nitrogens is 1. The standard InChI is InChI=1S/C21H16N2/c1-2-8-16(9-3-1)18-11-5-4-10-17(18)14-15-21-19-12-6-7-13-20(19)22-23-21/h1-15H,(H,22,23). The lowest BCUT2D eigenvalue weighted by Crippen LogP contribution is -1.82. The first kappa shape index (κ1) is 13.5. The molecule has 0 saturated carbocycles. The van der Waals surface area contributed by atoms with Crippen LogP contribution in [0.1, 0.15) is 11.3 Å². The number of hydrogen-bond donors (Lipinski definition) is 1. The summed E-state index contributed by atoms with van der Waals surface area (Å²) in [5.41, 5.74) is 5.65. The van der Waals surface area contributed by atoms with Gasteiger partial charge in [-0.25, -0.2) is 0 Å². The minimum atomic E-state index is 0.962. The van der Waals surface area contributed by atoms with Gasteiger partial charge in [0.2, 0.25) is 0 Å². The van der Waals surface area contributed by atoms with E-state index in [0.29, 0.717) is 0 Å². The summed E-state index contributed by atoms with van der Waals surface area (Å²) in [6.07, 6.45) is 4.20. The molecule has 0 atom stereocenters. The Labute approximate surface area is 135 Å². The zero-order valence-corrected chi connectivity index (χ0v) is 12.6. The molecule has 0 saturated heterocycles. The van der Waals surface area contributed by atoms with Crippen molar-refractivity contribution in [2.24, 2.45) is 0 Å². The number of aromatic nitrogens is 2. The number of para-hydroxylation sites is 1. The first-order chi connectivity index (χ1) is 11.4. The predicted octanol–water partition coefficient (Wildman–Crippen LogP) is 5.40. The molecule has 0 radical (unpaired) electrons. The lowest BCUT2D eigenvalue weighted by Gasteiger charge is -2.05. The average Bonchev–Trinajstić information content (AvgIpc) is 3.04. The second-order valence-electron chi connectivity index (χ2n) is 5.44. The van der Waals surface area contributed by atoms with Crippen LogP contribution >= 0.6 is 0 Å². The van der Waals surface area contributed by atoms with Crippen molar-refractivity contribution < 1.29 is 0 Å². The number of nitrogens with one attached hydrogen (secondary N) is 1. The number of aromatic amines is 1. The maximum Gasteiger partial charge on any atom is 0.0927 e. The third kappa shape index (κ3) is 2.67. The Hall–Kier alpha value is -3.13. The summed E-state index contributed by atoms with van der Waals surface area (Å²) in [7, 11) is 0. The topological polar surface area (TPSA) is 28.7 Å². The van der Waals surface area contributed by atoms with E-state index in [0.717, 1.165) is 16.6 Å². The minimum Gasteiger partial charge on any atom is -0.277 e. The highest BCUT2D eigenvalue weighted by Gasteiger charge is 2.03. The van der Waals surface area contributed by atoms with Crippen molar-refractivity contribution in [1.29, 1.82) is 0 Å². The minimum absolute atomic E-state index is 0.962. The van der Waals surface area contributed by atoms with Gasteiger partial charge in [0.05, 0.1) is 11.2 Å². The Balaban J connectivity index is 1.75. The Morgan fingerprint density at radius 3 is 2.35 bits per heavy atom. The summed E-state index contributed by atoms with van der Waals surface area (Å²) in [5.74, 6) is 0. The van der Waals surface area contributed by atoms with E-state index >= 15 is 0 Å². The van der Waals surface area contributed by atoms with E-state index in [4.69, 9.17) is 0 Å². The van der Waals surface area contributed by atoms with Gasteiger partial charge < -0.3 is 0 Å².